The molecule has 3 saturated heterocycles. The number of carboxylic acid groups (broad SMARTS) is 3. The van der Waals surface area contributed by atoms with Crippen LogP contribution in [0.3, 0.4) is 0 Å². The second-order valence-electron chi connectivity index (χ2n) is 9.38. The number of aromatic nitrogens is 2. The fourth-order valence-electron chi connectivity index (χ4n) is 5.34. The molecule has 0 spiro atoms. The zero-order chi connectivity index (χ0) is 25.2. The molecule has 11 nitrogen and oxygen atoms in total. The normalized spacial score (nSPS) is 26.5. The Balaban J connectivity index is 0.000000193. The van der Waals surface area contributed by atoms with Crippen LogP contribution < -0.4 is 4.74 Å². The van der Waals surface area contributed by atoms with Crippen LogP contribution in [0, 0.1) is 17.8 Å². The molecule has 2 aromatic rings. The lowest BCUT2D eigenvalue weighted by Crippen LogP contribution is -2.61. The van der Waals surface area contributed by atoms with Crippen molar-refractivity contribution in [2.45, 2.75) is 37.4 Å². The monoisotopic (exact) mass is 505 g/mol. The molecule has 188 valence electrons. The molecule has 4 heterocycles. The second kappa shape index (κ2) is 10.3. The molecule has 1 aromatic carbocycles. The summed E-state index contributed by atoms with van der Waals surface area (Å²) in [5.41, 5.74) is -1.62. The molecular formula is C23H27N3O8S. The van der Waals surface area contributed by atoms with Gasteiger partial charge in [0.1, 0.15) is 6.10 Å². The van der Waals surface area contributed by atoms with Crippen molar-refractivity contribution in [2.75, 3.05) is 19.6 Å². The molecule has 0 amide bonds. The van der Waals surface area contributed by atoms with Crippen LogP contribution in [-0.4, -0.2) is 84.8 Å². The van der Waals surface area contributed by atoms with Crippen molar-refractivity contribution in [3.05, 3.63) is 30.3 Å². The maximum Gasteiger partial charge on any atom is 0.336 e. The lowest BCUT2D eigenvalue weighted by molar-refractivity contribution is -0.170. The van der Waals surface area contributed by atoms with E-state index < -0.39 is 36.4 Å². The van der Waals surface area contributed by atoms with E-state index in [0.29, 0.717) is 17.9 Å². The van der Waals surface area contributed by atoms with E-state index in [2.05, 4.69) is 27.2 Å². The van der Waals surface area contributed by atoms with Gasteiger partial charge in [0, 0.05) is 37.0 Å². The number of hydrogen-bond donors (Lipinski definition) is 4. The molecule has 12 heteroatoms. The van der Waals surface area contributed by atoms with Gasteiger partial charge in [-0.25, -0.2) is 4.79 Å². The highest BCUT2D eigenvalue weighted by molar-refractivity contribution is 7.16. The predicted octanol–water partition coefficient (Wildman–Crippen LogP) is 1.68. The summed E-state index contributed by atoms with van der Waals surface area (Å²) in [6.45, 7) is 3.74. The average molecular weight is 506 g/mol. The maximum absolute atomic E-state index is 10.3. The maximum atomic E-state index is 10.3. The molecule has 2 atom stereocenters. The summed E-state index contributed by atoms with van der Waals surface area (Å²) in [6, 6.07) is 10.2. The highest BCUT2D eigenvalue weighted by Gasteiger charge is 2.49. The van der Waals surface area contributed by atoms with Crippen molar-refractivity contribution in [1.82, 2.24) is 15.1 Å². The first kappa shape index (κ1) is 25.0. The van der Waals surface area contributed by atoms with E-state index in [0.717, 1.165) is 21.7 Å². The third-order valence-corrected chi connectivity index (χ3v) is 7.52. The first-order valence-electron chi connectivity index (χ1n) is 11.3. The molecule has 0 radical (unpaired) electrons. The van der Waals surface area contributed by atoms with Gasteiger partial charge in [-0.2, -0.15) is 0 Å². The average Bonchev–Trinajstić information content (AvgIpc) is 3.24. The number of carbonyl (C=O) groups is 3. The molecule has 35 heavy (non-hydrogen) atoms. The highest BCUT2D eigenvalue weighted by atomic mass is 32.1. The Morgan fingerprint density at radius 2 is 1.57 bits per heavy atom. The molecule has 2 unspecified atom stereocenters. The van der Waals surface area contributed by atoms with Crippen molar-refractivity contribution in [3.63, 3.8) is 0 Å². The van der Waals surface area contributed by atoms with Crippen LogP contribution in [0.2, 0.25) is 0 Å². The number of ether oxygens (including phenoxy) is 1. The molecule has 4 fully saturated rings. The van der Waals surface area contributed by atoms with Crippen molar-refractivity contribution in [2.24, 2.45) is 17.8 Å². The fraction of sp³-hybridized carbons (Fsp3) is 0.522. The summed E-state index contributed by atoms with van der Waals surface area (Å²) in [6.07, 6.45) is 0.734. The SMILES string of the molecule is O=C(O)CC(O)(CC(=O)O)C(=O)O.c1ccc(-c2nnc(OC3C4CC5CC3CN(C5)C4)s2)cc1. The lowest BCUT2D eigenvalue weighted by atomic mass is 9.66. The van der Waals surface area contributed by atoms with Gasteiger partial charge in [-0.15, -0.1) is 5.10 Å². The Labute approximate surface area is 205 Å². The fourth-order valence-corrected chi connectivity index (χ4v) is 6.08. The Morgan fingerprint density at radius 1 is 0.971 bits per heavy atom. The van der Waals surface area contributed by atoms with Gasteiger partial charge >= 0.3 is 17.9 Å². The van der Waals surface area contributed by atoms with Gasteiger partial charge in [0.2, 0.25) is 0 Å². The van der Waals surface area contributed by atoms with E-state index in [9.17, 15) is 14.4 Å². The van der Waals surface area contributed by atoms with Crippen molar-refractivity contribution < 1.29 is 39.5 Å². The number of nitrogens with zero attached hydrogens (tertiary/aromatic N) is 3. The quantitative estimate of drug-likeness (QED) is 0.411. The van der Waals surface area contributed by atoms with Crippen LogP contribution in [0.15, 0.2) is 30.3 Å². The number of carboxylic acids is 3. The van der Waals surface area contributed by atoms with E-state index in [-0.39, 0.29) is 0 Å². The van der Waals surface area contributed by atoms with Gasteiger partial charge in [0.15, 0.2) is 10.6 Å². The number of hydrogen-bond acceptors (Lipinski definition) is 9. The largest absolute Gasteiger partial charge is 0.481 e. The van der Waals surface area contributed by atoms with Gasteiger partial charge in [0.25, 0.3) is 5.19 Å². The third kappa shape index (κ3) is 5.95. The predicted molar refractivity (Wildman–Crippen MR) is 123 cm³/mol. The molecule has 1 aliphatic carbocycles. The molecular weight excluding hydrogens is 478 g/mol. The van der Waals surface area contributed by atoms with Crippen LogP contribution >= 0.6 is 11.3 Å². The summed E-state index contributed by atoms with van der Waals surface area (Å²) in [5.74, 6) is -2.73. The molecule has 4 aliphatic rings. The van der Waals surface area contributed by atoms with Crippen LogP contribution in [0.25, 0.3) is 10.6 Å². The van der Waals surface area contributed by atoms with Gasteiger partial charge in [-0.3, -0.25) is 9.59 Å². The zero-order valence-corrected chi connectivity index (χ0v) is 19.6. The van der Waals surface area contributed by atoms with E-state index in [4.69, 9.17) is 25.2 Å². The van der Waals surface area contributed by atoms with Gasteiger partial charge in [-0.1, -0.05) is 46.8 Å². The summed E-state index contributed by atoms with van der Waals surface area (Å²) in [4.78, 5) is 33.1. The Bertz CT molecular complexity index is 1030. The zero-order valence-electron chi connectivity index (χ0n) is 18.8. The van der Waals surface area contributed by atoms with Crippen molar-refractivity contribution >= 4 is 29.2 Å². The summed E-state index contributed by atoms with van der Waals surface area (Å²) in [7, 11) is 0. The van der Waals surface area contributed by atoms with Crippen molar-refractivity contribution in [3.8, 4) is 15.8 Å². The first-order chi connectivity index (χ1) is 16.6. The molecule has 3 aliphatic heterocycles. The van der Waals surface area contributed by atoms with Crippen LogP contribution in [-0.2, 0) is 14.4 Å². The highest BCUT2D eigenvalue weighted by Crippen LogP contribution is 2.45. The van der Waals surface area contributed by atoms with E-state index in [1.54, 1.807) is 11.3 Å². The van der Waals surface area contributed by atoms with Crippen LogP contribution in [0.4, 0.5) is 0 Å². The Hall–Kier alpha value is -3.09. The third-order valence-electron chi connectivity index (χ3n) is 6.65. The molecule has 6 rings (SSSR count). The molecule has 4 bridgehead atoms. The molecule has 4 N–H and O–H groups in total. The minimum absolute atomic E-state index is 0.351. The summed E-state index contributed by atoms with van der Waals surface area (Å²) < 4.78 is 6.31. The van der Waals surface area contributed by atoms with E-state index >= 15 is 0 Å². The number of piperidine rings is 3. The Morgan fingerprint density at radius 3 is 2.09 bits per heavy atom. The molecule has 1 saturated carbocycles. The standard InChI is InChI=1S/C17H19N3OS.C6H8O7/c1-2-4-12(5-3-1)16-18-19-17(22-16)21-15-13-6-11-7-14(15)10-20(8-11)9-13;7-3(8)1-6(13,5(11)12)2-4(9)10/h1-5,11,13-15H,6-10H2;13H,1-2H2,(H,7,8)(H,9,10)(H,11,12). The van der Waals surface area contributed by atoms with Gasteiger partial charge < -0.3 is 30.1 Å². The molecule has 1 aromatic heterocycles. The number of aliphatic hydroxyl groups is 1. The summed E-state index contributed by atoms with van der Waals surface area (Å²) >= 11 is 1.57. The van der Waals surface area contributed by atoms with Crippen molar-refractivity contribution in [1.29, 1.82) is 0 Å². The minimum atomic E-state index is -2.74. The minimum Gasteiger partial charge on any atom is -0.481 e. The lowest BCUT2D eigenvalue weighted by Gasteiger charge is -2.54. The van der Waals surface area contributed by atoms with E-state index in [1.165, 1.54) is 32.5 Å². The number of aliphatic carboxylic acids is 3. The Kier molecular flexibility index (Phi) is 7.33. The van der Waals surface area contributed by atoms with E-state index in [1.807, 2.05) is 18.2 Å². The smallest absolute Gasteiger partial charge is 0.336 e. The van der Waals surface area contributed by atoms with Gasteiger partial charge in [0.05, 0.1) is 12.8 Å². The topological polar surface area (TPSA) is 170 Å². The second-order valence-corrected chi connectivity index (χ2v) is 10.3. The van der Waals surface area contributed by atoms with Crippen LogP contribution in [0.5, 0.6) is 5.19 Å². The number of rotatable bonds is 8. The number of benzene rings is 1. The summed E-state index contributed by atoms with van der Waals surface area (Å²) in [5, 5.41) is 44.1. The van der Waals surface area contributed by atoms with Gasteiger partial charge in [-0.05, 0) is 18.8 Å². The first-order valence-corrected chi connectivity index (χ1v) is 12.1. The van der Waals surface area contributed by atoms with Crippen LogP contribution in [0.1, 0.15) is 25.7 Å².